The molecule has 0 radical (unpaired) electrons. The molecule has 1 N–H and O–H groups in total. The van der Waals surface area contributed by atoms with Crippen molar-refractivity contribution in [2.24, 2.45) is 0 Å². The van der Waals surface area contributed by atoms with Crippen molar-refractivity contribution in [2.45, 2.75) is 6.42 Å². The third-order valence-corrected chi connectivity index (χ3v) is 3.30. The van der Waals surface area contributed by atoms with E-state index in [2.05, 4.69) is 11.9 Å². The maximum absolute atomic E-state index is 12.1. The number of anilines is 1. The van der Waals surface area contributed by atoms with Crippen LogP contribution in [0.25, 0.3) is 0 Å². The Kier molecular flexibility index (Phi) is 6.14. The summed E-state index contributed by atoms with van der Waals surface area (Å²) in [7, 11) is 1.29. The summed E-state index contributed by atoms with van der Waals surface area (Å²) < 4.78 is 10.3. The fraction of sp³-hybridized carbons (Fsp3) is 0.158. The fourth-order valence-electron chi connectivity index (χ4n) is 2.18. The first-order valence-corrected chi connectivity index (χ1v) is 7.44. The zero-order chi connectivity index (χ0) is 17.4. The van der Waals surface area contributed by atoms with Crippen LogP contribution in [0.15, 0.2) is 61.2 Å². The minimum atomic E-state index is -0.511. The minimum absolute atomic E-state index is 0.163. The van der Waals surface area contributed by atoms with Crippen molar-refractivity contribution in [3.05, 3.63) is 72.3 Å². The molecule has 0 spiro atoms. The Morgan fingerprint density at radius 1 is 1.12 bits per heavy atom. The molecular weight excluding hydrogens is 306 g/mol. The maximum atomic E-state index is 12.1. The molecule has 0 atom stereocenters. The molecule has 5 heteroatoms. The van der Waals surface area contributed by atoms with E-state index >= 15 is 0 Å². The zero-order valence-corrected chi connectivity index (χ0v) is 13.5. The van der Waals surface area contributed by atoms with Gasteiger partial charge < -0.3 is 14.8 Å². The zero-order valence-electron chi connectivity index (χ0n) is 13.5. The van der Waals surface area contributed by atoms with Gasteiger partial charge in [-0.15, -0.1) is 6.58 Å². The first-order valence-electron chi connectivity index (χ1n) is 7.44. The van der Waals surface area contributed by atoms with Gasteiger partial charge in [0, 0.05) is 0 Å². The first kappa shape index (κ1) is 17.3. The van der Waals surface area contributed by atoms with Gasteiger partial charge in [-0.3, -0.25) is 4.79 Å². The summed E-state index contributed by atoms with van der Waals surface area (Å²) >= 11 is 0. The van der Waals surface area contributed by atoms with Crippen LogP contribution in [0.3, 0.4) is 0 Å². The van der Waals surface area contributed by atoms with E-state index < -0.39 is 5.97 Å². The number of benzene rings is 2. The first-order chi connectivity index (χ1) is 11.7. The molecule has 0 unspecified atom stereocenters. The highest BCUT2D eigenvalue weighted by atomic mass is 16.5. The van der Waals surface area contributed by atoms with Crippen LogP contribution >= 0.6 is 0 Å². The van der Waals surface area contributed by atoms with Gasteiger partial charge in [-0.25, -0.2) is 4.79 Å². The van der Waals surface area contributed by atoms with Crippen molar-refractivity contribution in [1.29, 1.82) is 0 Å². The quantitative estimate of drug-likeness (QED) is 0.627. The monoisotopic (exact) mass is 325 g/mol. The third kappa shape index (κ3) is 4.46. The lowest BCUT2D eigenvalue weighted by molar-refractivity contribution is -0.118. The van der Waals surface area contributed by atoms with E-state index in [1.54, 1.807) is 36.4 Å². The molecule has 0 bridgehead atoms. The molecule has 0 heterocycles. The van der Waals surface area contributed by atoms with Gasteiger partial charge in [0.15, 0.2) is 6.61 Å². The van der Waals surface area contributed by atoms with Crippen LogP contribution in [0.4, 0.5) is 5.69 Å². The molecule has 2 rings (SSSR count). The van der Waals surface area contributed by atoms with Gasteiger partial charge in [-0.2, -0.15) is 0 Å². The molecule has 0 saturated heterocycles. The Labute approximate surface area is 140 Å². The number of rotatable bonds is 7. The normalized spacial score (nSPS) is 9.88. The Balaban J connectivity index is 2.02. The van der Waals surface area contributed by atoms with Crippen LogP contribution in [-0.2, 0) is 16.0 Å². The lowest BCUT2D eigenvalue weighted by atomic mass is 10.1. The number of para-hydroxylation sites is 2. The van der Waals surface area contributed by atoms with Gasteiger partial charge in [0.25, 0.3) is 5.91 Å². The second kappa shape index (κ2) is 8.53. The van der Waals surface area contributed by atoms with Gasteiger partial charge in [0.1, 0.15) is 5.75 Å². The number of nitrogens with one attached hydrogen (secondary N) is 1. The number of ether oxygens (including phenoxy) is 2. The van der Waals surface area contributed by atoms with Crippen molar-refractivity contribution in [1.82, 2.24) is 0 Å². The van der Waals surface area contributed by atoms with E-state index in [-0.39, 0.29) is 12.5 Å². The SMILES string of the molecule is C=CCc1ccccc1OCC(=O)Nc1ccccc1C(=O)OC. The third-order valence-electron chi connectivity index (χ3n) is 3.30. The predicted octanol–water partition coefficient (Wildman–Crippen LogP) is 3.22. The van der Waals surface area contributed by atoms with E-state index in [4.69, 9.17) is 9.47 Å². The number of carbonyl (C=O) groups is 2. The molecular formula is C19H19NO4. The summed E-state index contributed by atoms with van der Waals surface area (Å²) in [6.07, 6.45) is 2.43. The number of carbonyl (C=O) groups excluding carboxylic acids is 2. The molecule has 0 aromatic heterocycles. The number of esters is 1. The van der Waals surface area contributed by atoms with E-state index in [1.165, 1.54) is 7.11 Å². The highest BCUT2D eigenvalue weighted by molar-refractivity contribution is 6.01. The molecule has 2 aromatic carbocycles. The largest absolute Gasteiger partial charge is 0.483 e. The molecule has 5 nitrogen and oxygen atoms in total. The second-order valence-electron chi connectivity index (χ2n) is 4.97. The van der Waals surface area contributed by atoms with Crippen molar-refractivity contribution >= 4 is 17.6 Å². The van der Waals surface area contributed by atoms with Crippen LogP contribution in [0.5, 0.6) is 5.75 Å². The summed E-state index contributed by atoms with van der Waals surface area (Å²) in [5, 5.41) is 2.66. The minimum Gasteiger partial charge on any atom is -0.483 e. The Morgan fingerprint density at radius 3 is 2.58 bits per heavy atom. The van der Waals surface area contributed by atoms with Crippen molar-refractivity contribution in [2.75, 3.05) is 19.0 Å². The standard InChI is InChI=1S/C19H19NO4/c1-3-8-14-9-4-7-12-17(14)24-13-18(21)20-16-11-6-5-10-15(16)19(22)23-2/h3-7,9-12H,1,8,13H2,2H3,(H,20,21). The molecule has 0 fully saturated rings. The fourth-order valence-corrected chi connectivity index (χ4v) is 2.18. The summed E-state index contributed by atoms with van der Waals surface area (Å²) in [6, 6.07) is 14.1. The average molecular weight is 325 g/mol. The molecule has 2 aromatic rings. The average Bonchev–Trinajstić information content (AvgIpc) is 2.61. The van der Waals surface area contributed by atoms with Crippen molar-refractivity contribution < 1.29 is 19.1 Å². The Bertz CT molecular complexity index is 740. The highest BCUT2D eigenvalue weighted by Gasteiger charge is 2.13. The van der Waals surface area contributed by atoms with Gasteiger partial charge in [-0.05, 0) is 30.2 Å². The van der Waals surface area contributed by atoms with Crippen LogP contribution < -0.4 is 10.1 Å². The topological polar surface area (TPSA) is 64.6 Å². The second-order valence-corrected chi connectivity index (χ2v) is 4.97. The number of methoxy groups -OCH3 is 1. The van der Waals surface area contributed by atoms with Crippen LogP contribution in [-0.4, -0.2) is 25.6 Å². The van der Waals surface area contributed by atoms with Gasteiger partial charge in [0.05, 0.1) is 18.4 Å². The smallest absolute Gasteiger partial charge is 0.339 e. The summed E-state index contributed by atoms with van der Waals surface area (Å²) in [4.78, 5) is 23.8. The lowest BCUT2D eigenvalue weighted by Crippen LogP contribution is -2.22. The Morgan fingerprint density at radius 2 is 1.83 bits per heavy atom. The van der Waals surface area contributed by atoms with Gasteiger partial charge in [0.2, 0.25) is 0 Å². The van der Waals surface area contributed by atoms with E-state index in [1.807, 2.05) is 18.2 Å². The lowest BCUT2D eigenvalue weighted by Gasteiger charge is -2.12. The molecule has 0 aliphatic heterocycles. The van der Waals surface area contributed by atoms with Crippen LogP contribution in [0.1, 0.15) is 15.9 Å². The van der Waals surface area contributed by atoms with E-state index in [0.717, 1.165) is 5.56 Å². The number of hydrogen-bond donors (Lipinski definition) is 1. The summed E-state index contributed by atoms with van der Waals surface area (Å²) in [5.41, 5.74) is 1.63. The molecule has 1 amide bonds. The number of allylic oxidation sites excluding steroid dienone is 1. The van der Waals surface area contributed by atoms with Crippen LogP contribution in [0, 0.1) is 0 Å². The highest BCUT2D eigenvalue weighted by Crippen LogP contribution is 2.19. The maximum Gasteiger partial charge on any atom is 0.339 e. The van der Waals surface area contributed by atoms with Gasteiger partial charge >= 0.3 is 5.97 Å². The van der Waals surface area contributed by atoms with Crippen LogP contribution in [0.2, 0.25) is 0 Å². The number of hydrogen-bond acceptors (Lipinski definition) is 4. The van der Waals surface area contributed by atoms with E-state index in [9.17, 15) is 9.59 Å². The molecule has 124 valence electrons. The molecule has 24 heavy (non-hydrogen) atoms. The number of amides is 1. The molecule has 0 aliphatic carbocycles. The predicted molar refractivity (Wildman–Crippen MR) is 92.2 cm³/mol. The van der Waals surface area contributed by atoms with Crippen molar-refractivity contribution in [3.63, 3.8) is 0 Å². The summed E-state index contributed by atoms with van der Waals surface area (Å²) in [6.45, 7) is 3.54. The van der Waals surface area contributed by atoms with Gasteiger partial charge in [-0.1, -0.05) is 36.4 Å². The summed E-state index contributed by atoms with van der Waals surface area (Å²) in [5.74, 6) is -0.239. The van der Waals surface area contributed by atoms with E-state index in [0.29, 0.717) is 23.4 Å². The van der Waals surface area contributed by atoms with Crippen molar-refractivity contribution in [3.8, 4) is 5.75 Å². The molecule has 0 saturated carbocycles. The molecule has 0 aliphatic rings. The Hall–Kier alpha value is -3.08.